The number of nitrogens with two attached hydrogens (primary N) is 1. The molecule has 0 spiro atoms. The minimum absolute atomic E-state index is 0.133. The Balaban J connectivity index is 1.45. The number of nitrogens with one attached hydrogen (secondary N) is 1. The van der Waals surface area contributed by atoms with Crippen LogP contribution in [-0.4, -0.2) is 18.5 Å². The quantitative estimate of drug-likeness (QED) is 0.815. The highest BCUT2D eigenvalue weighted by atomic mass is 16.2. The first-order chi connectivity index (χ1) is 9.14. The van der Waals surface area contributed by atoms with Gasteiger partial charge in [0.25, 0.3) is 0 Å². The number of rotatable bonds is 4. The van der Waals surface area contributed by atoms with Crippen molar-refractivity contribution in [1.82, 2.24) is 5.32 Å². The van der Waals surface area contributed by atoms with E-state index in [0.717, 1.165) is 30.2 Å². The van der Waals surface area contributed by atoms with Gasteiger partial charge in [0, 0.05) is 6.54 Å². The Bertz CT molecular complexity index is 353. The summed E-state index contributed by atoms with van der Waals surface area (Å²) in [7, 11) is 0. The van der Waals surface area contributed by atoms with Crippen molar-refractivity contribution in [1.29, 1.82) is 0 Å². The Kier molecular flexibility index (Phi) is 2.70. The zero-order chi connectivity index (χ0) is 13.0. The first kappa shape index (κ1) is 12.2. The highest BCUT2D eigenvalue weighted by Crippen LogP contribution is 2.60. The molecule has 106 valence electrons. The lowest BCUT2D eigenvalue weighted by Gasteiger charge is -2.58. The third-order valence-electron chi connectivity index (χ3n) is 6.29. The third-order valence-corrected chi connectivity index (χ3v) is 6.29. The van der Waals surface area contributed by atoms with Gasteiger partial charge in [-0.15, -0.1) is 0 Å². The van der Waals surface area contributed by atoms with Crippen LogP contribution in [0.5, 0.6) is 0 Å². The van der Waals surface area contributed by atoms with Gasteiger partial charge in [-0.1, -0.05) is 0 Å². The fraction of sp³-hybridized carbons (Fsp3) is 0.938. The highest BCUT2D eigenvalue weighted by molar-refractivity contribution is 5.82. The second kappa shape index (κ2) is 4.21. The van der Waals surface area contributed by atoms with Crippen LogP contribution in [0.4, 0.5) is 0 Å². The van der Waals surface area contributed by atoms with Crippen LogP contribution in [0.1, 0.15) is 51.4 Å². The topological polar surface area (TPSA) is 55.1 Å². The molecule has 19 heavy (non-hydrogen) atoms. The standard InChI is InChI=1S/C16H26N2O/c17-14(15(19)18-9-10-1-2-10)16-6-11-3-12(7-16)5-13(4-11)8-16/h10-14H,1-9,17H2,(H,18,19). The maximum absolute atomic E-state index is 12.4. The van der Waals surface area contributed by atoms with Gasteiger partial charge >= 0.3 is 0 Å². The maximum atomic E-state index is 12.4. The summed E-state index contributed by atoms with van der Waals surface area (Å²) >= 11 is 0. The minimum atomic E-state index is -0.250. The van der Waals surface area contributed by atoms with Gasteiger partial charge in [-0.25, -0.2) is 0 Å². The van der Waals surface area contributed by atoms with E-state index in [9.17, 15) is 4.79 Å². The van der Waals surface area contributed by atoms with E-state index in [1.54, 1.807) is 0 Å². The molecular weight excluding hydrogens is 236 g/mol. The van der Waals surface area contributed by atoms with Gasteiger partial charge in [-0.3, -0.25) is 4.79 Å². The van der Waals surface area contributed by atoms with Crippen LogP contribution in [0, 0.1) is 29.1 Å². The van der Waals surface area contributed by atoms with Gasteiger partial charge in [0.05, 0.1) is 6.04 Å². The van der Waals surface area contributed by atoms with Crippen molar-refractivity contribution in [3.8, 4) is 0 Å². The predicted octanol–water partition coefficient (Wildman–Crippen LogP) is 2.06. The number of hydrogen-bond donors (Lipinski definition) is 2. The Morgan fingerprint density at radius 3 is 2.11 bits per heavy atom. The van der Waals surface area contributed by atoms with Crippen molar-refractivity contribution in [2.24, 2.45) is 34.8 Å². The van der Waals surface area contributed by atoms with Gasteiger partial charge in [0.1, 0.15) is 0 Å². The van der Waals surface area contributed by atoms with Gasteiger partial charge in [-0.2, -0.15) is 0 Å². The molecule has 1 amide bonds. The Morgan fingerprint density at radius 2 is 1.63 bits per heavy atom. The van der Waals surface area contributed by atoms with E-state index in [-0.39, 0.29) is 17.4 Å². The monoisotopic (exact) mass is 262 g/mol. The molecule has 0 aromatic heterocycles. The van der Waals surface area contributed by atoms with E-state index in [1.165, 1.54) is 51.4 Å². The maximum Gasteiger partial charge on any atom is 0.237 e. The van der Waals surface area contributed by atoms with E-state index < -0.39 is 0 Å². The van der Waals surface area contributed by atoms with Crippen molar-refractivity contribution < 1.29 is 4.79 Å². The summed E-state index contributed by atoms with van der Waals surface area (Å²) in [6.07, 6.45) is 10.5. The summed E-state index contributed by atoms with van der Waals surface area (Å²) in [5.74, 6) is 3.48. The number of carbonyl (C=O) groups excluding carboxylic acids is 1. The van der Waals surface area contributed by atoms with E-state index in [1.807, 2.05) is 0 Å². The van der Waals surface area contributed by atoms with E-state index in [4.69, 9.17) is 5.73 Å². The minimum Gasteiger partial charge on any atom is -0.354 e. The van der Waals surface area contributed by atoms with Crippen LogP contribution in [0.25, 0.3) is 0 Å². The molecule has 0 radical (unpaired) electrons. The summed E-state index contributed by atoms with van der Waals surface area (Å²) in [6, 6.07) is -0.250. The van der Waals surface area contributed by atoms with Crippen molar-refractivity contribution in [2.75, 3.05) is 6.54 Å². The molecule has 5 fully saturated rings. The van der Waals surface area contributed by atoms with Gasteiger partial charge in [0.2, 0.25) is 5.91 Å². The Morgan fingerprint density at radius 1 is 1.11 bits per heavy atom. The molecule has 0 heterocycles. The van der Waals surface area contributed by atoms with Gasteiger partial charge in [0.15, 0.2) is 0 Å². The summed E-state index contributed by atoms with van der Waals surface area (Å²) < 4.78 is 0. The second-order valence-corrected chi connectivity index (χ2v) is 7.95. The molecule has 0 aliphatic heterocycles. The van der Waals surface area contributed by atoms with Crippen LogP contribution < -0.4 is 11.1 Å². The SMILES string of the molecule is NC(C(=O)NCC1CC1)C12CC3CC(CC(C3)C1)C2. The lowest BCUT2D eigenvalue weighted by molar-refractivity contribution is -0.132. The molecule has 5 aliphatic rings. The van der Waals surface area contributed by atoms with Gasteiger partial charge < -0.3 is 11.1 Å². The third kappa shape index (κ3) is 2.10. The average Bonchev–Trinajstić information content (AvgIpc) is 3.17. The molecule has 0 saturated heterocycles. The van der Waals surface area contributed by atoms with E-state index in [0.29, 0.717) is 0 Å². The predicted molar refractivity (Wildman–Crippen MR) is 74.3 cm³/mol. The number of carbonyl (C=O) groups is 1. The number of hydrogen-bond acceptors (Lipinski definition) is 2. The summed E-state index contributed by atoms with van der Waals surface area (Å²) in [4.78, 5) is 12.4. The lowest BCUT2D eigenvalue weighted by Crippen LogP contribution is -2.59. The van der Waals surface area contributed by atoms with Crippen molar-refractivity contribution in [2.45, 2.75) is 57.4 Å². The molecule has 4 bridgehead atoms. The molecule has 3 heteroatoms. The molecular formula is C16H26N2O. The normalized spacial score (nSPS) is 45.2. The second-order valence-electron chi connectivity index (χ2n) is 7.95. The average molecular weight is 262 g/mol. The number of amides is 1. The molecule has 1 unspecified atom stereocenters. The molecule has 5 rings (SSSR count). The van der Waals surface area contributed by atoms with Crippen LogP contribution in [0.15, 0.2) is 0 Å². The lowest BCUT2D eigenvalue weighted by atomic mass is 9.47. The fourth-order valence-corrected chi connectivity index (χ4v) is 5.51. The zero-order valence-corrected chi connectivity index (χ0v) is 11.7. The van der Waals surface area contributed by atoms with Crippen LogP contribution in [0.3, 0.4) is 0 Å². The fourth-order valence-electron chi connectivity index (χ4n) is 5.51. The Labute approximate surface area is 115 Å². The van der Waals surface area contributed by atoms with Crippen LogP contribution in [-0.2, 0) is 4.79 Å². The summed E-state index contributed by atoms with van der Waals surface area (Å²) in [5.41, 5.74) is 6.57. The highest BCUT2D eigenvalue weighted by Gasteiger charge is 2.54. The van der Waals surface area contributed by atoms with E-state index in [2.05, 4.69) is 5.32 Å². The van der Waals surface area contributed by atoms with Crippen LogP contribution >= 0.6 is 0 Å². The molecule has 3 N–H and O–H groups in total. The summed E-state index contributed by atoms with van der Waals surface area (Å²) in [5, 5.41) is 3.11. The zero-order valence-electron chi connectivity index (χ0n) is 11.7. The molecule has 0 aromatic rings. The first-order valence-corrected chi connectivity index (χ1v) is 8.18. The molecule has 1 atom stereocenters. The molecule has 3 nitrogen and oxygen atoms in total. The molecule has 5 saturated carbocycles. The largest absolute Gasteiger partial charge is 0.354 e. The summed E-state index contributed by atoms with van der Waals surface area (Å²) in [6.45, 7) is 0.860. The first-order valence-electron chi connectivity index (χ1n) is 8.18. The molecule has 5 aliphatic carbocycles. The smallest absolute Gasteiger partial charge is 0.237 e. The molecule has 0 aromatic carbocycles. The van der Waals surface area contributed by atoms with E-state index >= 15 is 0 Å². The van der Waals surface area contributed by atoms with Crippen LogP contribution in [0.2, 0.25) is 0 Å². The van der Waals surface area contributed by atoms with Gasteiger partial charge in [-0.05, 0) is 80.5 Å². The van der Waals surface area contributed by atoms with Crippen molar-refractivity contribution >= 4 is 5.91 Å². The Hall–Kier alpha value is -0.570. The van der Waals surface area contributed by atoms with Crippen molar-refractivity contribution in [3.63, 3.8) is 0 Å². The van der Waals surface area contributed by atoms with Crippen molar-refractivity contribution in [3.05, 3.63) is 0 Å².